The van der Waals surface area contributed by atoms with Crippen LogP contribution in [0.15, 0.2) is 23.2 Å². The van der Waals surface area contributed by atoms with Crippen LogP contribution in [0.2, 0.25) is 0 Å². The number of nitrogens with one attached hydrogen (secondary N) is 1. The highest BCUT2D eigenvalue weighted by molar-refractivity contribution is 7.98. The molecule has 1 heterocycles. The Balaban J connectivity index is 0.00000180. The van der Waals surface area contributed by atoms with Gasteiger partial charge in [-0.25, -0.2) is 4.98 Å². The molecule has 0 bridgehead atoms. The van der Waals surface area contributed by atoms with Gasteiger partial charge in [-0.2, -0.15) is 0 Å². The van der Waals surface area contributed by atoms with Crippen LogP contribution in [-0.4, -0.2) is 23.7 Å². The number of anilines is 1. The number of hydrogen-bond donors (Lipinski definition) is 2. The molecule has 1 aliphatic carbocycles. The number of aromatic nitrogens is 1. The standard InChI is InChI=1S/C13H19N3OS.2ClH/c1-18-10-5-6-12(15-8-10)16-13(17)11-4-2-3-9(11)7-14;;/h5-6,8-9,11H,2-4,7,14H2,1H3,(H,15,16,17);2*1H/t9-,11-;;/m1../s1. The first-order chi connectivity index (χ1) is 8.74. The summed E-state index contributed by atoms with van der Waals surface area (Å²) < 4.78 is 0. The van der Waals surface area contributed by atoms with Crippen LogP contribution in [0.3, 0.4) is 0 Å². The largest absolute Gasteiger partial charge is 0.330 e. The lowest BCUT2D eigenvalue weighted by atomic mass is 9.95. The van der Waals surface area contributed by atoms with E-state index in [-0.39, 0.29) is 36.6 Å². The SMILES string of the molecule is CSc1ccc(NC(=O)[C@@H]2CCC[C@@H]2CN)nc1.Cl.Cl. The average molecular weight is 338 g/mol. The second kappa shape index (κ2) is 9.45. The van der Waals surface area contributed by atoms with Gasteiger partial charge in [-0.3, -0.25) is 4.79 Å². The number of halogens is 2. The van der Waals surface area contributed by atoms with E-state index in [1.54, 1.807) is 18.0 Å². The minimum absolute atomic E-state index is 0. The Morgan fingerprint density at radius 1 is 1.45 bits per heavy atom. The Bertz CT molecular complexity index is 417. The van der Waals surface area contributed by atoms with Crippen molar-refractivity contribution in [3.8, 4) is 0 Å². The second-order valence-electron chi connectivity index (χ2n) is 4.61. The van der Waals surface area contributed by atoms with Crippen molar-refractivity contribution in [3.63, 3.8) is 0 Å². The minimum Gasteiger partial charge on any atom is -0.330 e. The first-order valence-electron chi connectivity index (χ1n) is 6.25. The van der Waals surface area contributed by atoms with E-state index in [1.807, 2.05) is 18.4 Å². The highest BCUT2D eigenvalue weighted by Crippen LogP contribution is 2.31. The summed E-state index contributed by atoms with van der Waals surface area (Å²) in [6, 6.07) is 3.80. The van der Waals surface area contributed by atoms with E-state index in [1.165, 1.54) is 0 Å². The molecule has 1 aromatic rings. The van der Waals surface area contributed by atoms with Gasteiger partial charge in [0.15, 0.2) is 0 Å². The van der Waals surface area contributed by atoms with E-state index in [2.05, 4.69) is 10.3 Å². The van der Waals surface area contributed by atoms with Crippen LogP contribution in [0.1, 0.15) is 19.3 Å². The molecule has 114 valence electrons. The molecule has 0 saturated heterocycles. The van der Waals surface area contributed by atoms with Gasteiger partial charge < -0.3 is 11.1 Å². The summed E-state index contributed by atoms with van der Waals surface area (Å²) in [5, 5.41) is 2.88. The molecule has 1 aromatic heterocycles. The van der Waals surface area contributed by atoms with Crippen molar-refractivity contribution in [1.82, 2.24) is 4.98 Å². The van der Waals surface area contributed by atoms with Gasteiger partial charge >= 0.3 is 0 Å². The maximum atomic E-state index is 12.1. The summed E-state index contributed by atoms with van der Waals surface area (Å²) in [7, 11) is 0. The fourth-order valence-electron chi connectivity index (χ4n) is 2.46. The van der Waals surface area contributed by atoms with Gasteiger partial charge in [0.2, 0.25) is 5.91 Å². The van der Waals surface area contributed by atoms with Crippen LogP contribution in [0.5, 0.6) is 0 Å². The number of thioether (sulfide) groups is 1. The minimum atomic E-state index is 0. The van der Waals surface area contributed by atoms with Crippen molar-refractivity contribution in [2.24, 2.45) is 17.6 Å². The smallest absolute Gasteiger partial charge is 0.228 e. The van der Waals surface area contributed by atoms with Gasteiger partial charge in [-0.1, -0.05) is 6.42 Å². The normalized spacial score (nSPS) is 20.7. The fraction of sp³-hybridized carbons (Fsp3) is 0.538. The lowest BCUT2D eigenvalue weighted by molar-refractivity contribution is -0.120. The Morgan fingerprint density at radius 3 is 2.75 bits per heavy atom. The number of carbonyl (C=O) groups excluding carboxylic acids is 1. The predicted octanol–water partition coefficient (Wildman–Crippen LogP) is 2.96. The van der Waals surface area contributed by atoms with Crippen LogP contribution < -0.4 is 11.1 Å². The van der Waals surface area contributed by atoms with E-state index in [4.69, 9.17) is 5.73 Å². The molecule has 2 atom stereocenters. The predicted molar refractivity (Wildman–Crippen MR) is 89.0 cm³/mol. The Kier molecular flexibility index (Phi) is 9.22. The van der Waals surface area contributed by atoms with Crippen LogP contribution in [-0.2, 0) is 4.79 Å². The van der Waals surface area contributed by atoms with Gasteiger partial charge in [-0.05, 0) is 43.7 Å². The van der Waals surface area contributed by atoms with Crippen molar-refractivity contribution >= 4 is 48.3 Å². The molecule has 0 unspecified atom stereocenters. The summed E-state index contributed by atoms with van der Waals surface area (Å²) >= 11 is 1.63. The van der Waals surface area contributed by atoms with Gasteiger partial charge in [0.05, 0.1) is 0 Å². The molecule has 4 nitrogen and oxygen atoms in total. The number of pyridine rings is 1. The topological polar surface area (TPSA) is 68.0 Å². The molecule has 0 aromatic carbocycles. The van der Waals surface area contributed by atoms with Crippen molar-refractivity contribution in [1.29, 1.82) is 0 Å². The number of hydrogen-bond acceptors (Lipinski definition) is 4. The van der Waals surface area contributed by atoms with Crippen LogP contribution >= 0.6 is 36.6 Å². The zero-order valence-electron chi connectivity index (χ0n) is 11.4. The molecule has 20 heavy (non-hydrogen) atoms. The van der Waals surface area contributed by atoms with Crippen molar-refractivity contribution in [2.75, 3.05) is 18.1 Å². The maximum Gasteiger partial charge on any atom is 0.228 e. The number of amides is 1. The molecule has 7 heteroatoms. The molecule has 3 N–H and O–H groups in total. The molecule has 2 rings (SSSR count). The summed E-state index contributed by atoms with van der Waals surface area (Å²) in [5.41, 5.74) is 5.69. The van der Waals surface area contributed by atoms with Crippen molar-refractivity contribution in [2.45, 2.75) is 24.2 Å². The molecule has 0 spiro atoms. The second-order valence-corrected chi connectivity index (χ2v) is 5.49. The fourth-order valence-corrected chi connectivity index (χ4v) is 2.82. The molecule has 0 radical (unpaired) electrons. The van der Waals surface area contributed by atoms with Gasteiger partial charge in [0.1, 0.15) is 5.82 Å². The first-order valence-corrected chi connectivity index (χ1v) is 7.48. The van der Waals surface area contributed by atoms with E-state index in [0.717, 1.165) is 24.2 Å². The molecule has 1 fully saturated rings. The molecular formula is C13H21Cl2N3OS. The first kappa shape index (κ1) is 19.5. The maximum absolute atomic E-state index is 12.1. The lowest BCUT2D eigenvalue weighted by Gasteiger charge is -2.16. The molecule has 1 amide bonds. The highest BCUT2D eigenvalue weighted by atomic mass is 35.5. The van der Waals surface area contributed by atoms with Crippen molar-refractivity contribution in [3.05, 3.63) is 18.3 Å². The summed E-state index contributed by atoms with van der Waals surface area (Å²) in [4.78, 5) is 17.4. The molecule has 0 aliphatic heterocycles. The van der Waals surface area contributed by atoms with Gasteiger partial charge in [-0.15, -0.1) is 36.6 Å². The third kappa shape index (κ3) is 4.81. The number of carbonyl (C=O) groups is 1. The van der Waals surface area contributed by atoms with Crippen molar-refractivity contribution < 1.29 is 4.79 Å². The zero-order chi connectivity index (χ0) is 13.0. The summed E-state index contributed by atoms with van der Waals surface area (Å²) in [5.74, 6) is 1.07. The lowest BCUT2D eigenvalue weighted by Crippen LogP contribution is -2.30. The highest BCUT2D eigenvalue weighted by Gasteiger charge is 2.31. The monoisotopic (exact) mass is 337 g/mol. The molecular weight excluding hydrogens is 317 g/mol. The van der Waals surface area contributed by atoms with E-state index < -0.39 is 0 Å². The quantitative estimate of drug-likeness (QED) is 0.829. The van der Waals surface area contributed by atoms with E-state index in [9.17, 15) is 4.79 Å². The Morgan fingerprint density at radius 2 is 2.20 bits per heavy atom. The zero-order valence-corrected chi connectivity index (χ0v) is 13.8. The average Bonchev–Trinajstić information content (AvgIpc) is 2.88. The van der Waals surface area contributed by atoms with Crippen LogP contribution in [0, 0.1) is 11.8 Å². The van der Waals surface area contributed by atoms with Crippen LogP contribution in [0.4, 0.5) is 5.82 Å². The summed E-state index contributed by atoms with van der Waals surface area (Å²) in [6.45, 7) is 0.594. The third-order valence-corrected chi connectivity index (χ3v) is 4.23. The number of nitrogens with zero attached hydrogens (tertiary/aromatic N) is 1. The van der Waals surface area contributed by atoms with Crippen LogP contribution in [0.25, 0.3) is 0 Å². The molecule has 1 saturated carbocycles. The van der Waals surface area contributed by atoms with Gasteiger partial charge in [0.25, 0.3) is 0 Å². The number of rotatable bonds is 4. The number of nitrogens with two attached hydrogens (primary N) is 1. The van der Waals surface area contributed by atoms with E-state index >= 15 is 0 Å². The van der Waals surface area contributed by atoms with Gasteiger partial charge in [0, 0.05) is 17.0 Å². The third-order valence-electron chi connectivity index (χ3n) is 3.52. The Hall–Kier alpha value is -0.490. The summed E-state index contributed by atoms with van der Waals surface area (Å²) in [6.07, 6.45) is 6.87. The van der Waals surface area contributed by atoms with E-state index in [0.29, 0.717) is 18.3 Å². The molecule has 1 aliphatic rings. The Labute approximate surface area is 136 Å².